The first-order chi connectivity index (χ1) is 9.72. The van der Waals surface area contributed by atoms with Crippen molar-refractivity contribution >= 4 is 11.5 Å². The third-order valence-corrected chi connectivity index (χ3v) is 3.72. The summed E-state index contributed by atoms with van der Waals surface area (Å²) in [5, 5.41) is 3.33. The lowest BCUT2D eigenvalue weighted by Crippen LogP contribution is -2.40. The van der Waals surface area contributed by atoms with E-state index in [2.05, 4.69) is 34.2 Å². The van der Waals surface area contributed by atoms with E-state index < -0.39 is 0 Å². The summed E-state index contributed by atoms with van der Waals surface area (Å²) in [6.07, 6.45) is 6.22. The van der Waals surface area contributed by atoms with Crippen LogP contribution < -0.4 is 15.8 Å². The van der Waals surface area contributed by atoms with E-state index in [0.717, 1.165) is 19.5 Å². The summed E-state index contributed by atoms with van der Waals surface area (Å²) in [5.41, 5.74) is 6.55. The van der Waals surface area contributed by atoms with E-state index in [-0.39, 0.29) is 0 Å². The van der Waals surface area contributed by atoms with Crippen molar-refractivity contribution in [2.45, 2.75) is 38.6 Å². The van der Waals surface area contributed by atoms with Gasteiger partial charge in [-0.25, -0.2) is 4.98 Å². The van der Waals surface area contributed by atoms with Gasteiger partial charge in [-0.15, -0.1) is 0 Å². The molecular weight excluding hydrogens is 254 g/mol. The van der Waals surface area contributed by atoms with Crippen LogP contribution in [0.3, 0.4) is 0 Å². The largest absolute Gasteiger partial charge is 0.476 e. The van der Waals surface area contributed by atoms with Gasteiger partial charge in [-0.05, 0) is 32.9 Å². The van der Waals surface area contributed by atoms with Crippen LogP contribution in [-0.4, -0.2) is 47.7 Å². The maximum Gasteiger partial charge on any atom is 0.242 e. The smallest absolute Gasteiger partial charge is 0.242 e. The monoisotopic (exact) mass is 279 g/mol. The molecule has 0 saturated carbocycles. The van der Waals surface area contributed by atoms with E-state index in [4.69, 9.17) is 10.5 Å². The molecule has 0 bridgehead atoms. The van der Waals surface area contributed by atoms with E-state index in [9.17, 15) is 0 Å². The zero-order chi connectivity index (χ0) is 14.4. The van der Waals surface area contributed by atoms with Gasteiger partial charge in [0.25, 0.3) is 0 Å². The van der Waals surface area contributed by atoms with Gasteiger partial charge in [0.15, 0.2) is 5.82 Å². The number of likely N-dealkylation sites (N-methyl/N-ethyl adjacent to an activating group) is 1. The average molecular weight is 279 g/mol. The fourth-order valence-electron chi connectivity index (χ4n) is 2.45. The first-order valence-corrected chi connectivity index (χ1v) is 7.39. The van der Waals surface area contributed by atoms with Gasteiger partial charge in [0.2, 0.25) is 5.88 Å². The predicted octanol–water partition coefficient (Wildman–Crippen LogP) is 1.74. The molecule has 2 rings (SSSR count). The fourth-order valence-corrected chi connectivity index (χ4v) is 2.45. The van der Waals surface area contributed by atoms with Crippen molar-refractivity contribution in [2.75, 3.05) is 37.8 Å². The van der Waals surface area contributed by atoms with Crippen LogP contribution in [0.25, 0.3) is 0 Å². The third kappa shape index (κ3) is 3.72. The van der Waals surface area contributed by atoms with Crippen LogP contribution in [-0.2, 0) is 0 Å². The summed E-state index contributed by atoms with van der Waals surface area (Å²) < 4.78 is 5.51. The summed E-state index contributed by atoms with van der Waals surface area (Å²) in [5.74, 6) is 1.14. The number of anilines is 2. The van der Waals surface area contributed by atoms with Gasteiger partial charge in [-0.3, -0.25) is 0 Å². The molecule has 0 spiro atoms. The van der Waals surface area contributed by atoms with Crippen LogP contribution in [0.15, 0.2) is 6.33 Å². The number of hydrogen-bond acceptors (Lipinski definition) is 6. The van der Waals surface area contributed by atoms with Gasteiger partial charge in [-0.1, -0.05) is 13.3 Å². The van der Waals surface area contributed by atoms with Crippen LogP contribution in [0.1, 0.15) is 32.6 Å². The Morgan fingerprint density at radius 2 is 2.30 bits per heavy atom. The Bertz CT molecular complexity index is 426. The second-order valence-electron chi connectivity index (χ2n) is 5.30. The summed E-state index contributed by atoms with van der Waals surface area (Å²) in [4.78, 5) is 10.7. The van der Waals surface area contributed by atoms with Crippen molar-refractivity contribution in [1.29, 1.82) is 0 Å². The molecule has 20 heavy (non-hydrogen) atoms. The summed E-state index contributed by atoms with van der Waals surface area (Å²) in [7, 11) is 2.17. The highest BCUT2D eigenvalue weighted by molar-refractivity contribution is 5.66. The summed E-state index contributed by atoms with van der Waals surface area (Å²) in [6, 6.07) is 0.540. The molecule has 1 aliphatic rings. The molecule has 1 saturated heterocycles. The van der Waals surface area contributed by atoms with E-state index >= 15 is 0 Å². The Labute approximate surface area is 120 Å². The second kappa shape index (κ2) is 7.28. The molecule has 3 N–H and O–H groups in total. The minimum atomic E-state index is 0.473. The predicted molar refractivity (Wildman–Crippen MR) is 81.0 cm³/mol. The van der Waals surface area contributed by atoms with Crippen LogP contribution in [0, 0.1) is 0 Å². The maximum atomic E-state index is 6.05. The second-order valence-corrected chi connectivity index (χ2v) is 5.30. The highest BCUT2D eigenvalue weighted by Gasteiger charge is 2.19. The van der Waals surface area contributed by atoms with Crippen molar-refractivity contribution in [3.05, 3.63) is 6.33 Å². The van der Waals surface area contributed by atoms with E-state index in [1.54, 1.807) is 0 Å². The SMILES string of the molecule is CCCOc1ncnc(NCC2CCCCN2C)c1N. The molecular formula is C14H25N5O. The maximum absolute atomic E-state index is 6.05. The van der Waals surface area contributed by atoms with Gasteiger partial charge in [0, 0.05) is 12.6 Å². The molecule has 1 fully saturated rings. The number of ether oxygens (including phenoxy) is 1. The van der Waals surface area contributed by atoms with E-state index in [0.29, 0.717) is 30.0 Å². The van der Waals surface area contributed by atoms with Gasteiger partial charge >= 0.3 is 0 Å². The van der Waals surface area contributed by atoms with Crippen LogP contribution in [0.2, 0.25) is 0 Å². The Hall–Kier alpha value is -1.56. The number of aromatic nitrogens is 2. The highest BCUT2D eigenvalue weighted by Crippen LogP contribution is 2.25. The first kappa shape index (κ1) is 14.8. The van der Waals surface area contributed by atoms with Crippen molar-refractivity contribution < 1.29 is 4.74 Å². The van der Waals surface area contributed by atoms with Crippen LogP contribution in [0.4, 0.5) is 11.5 Å². The molecule has 1 aliphatic heterocycles. The average Bonchev–Trinajstić information content (AvgIpc) is 2.46. The van der Waals surface area contributed by atoms with Gasteiger partial charge in [0.1, 0.15) is 12.0 Å². The Balaban J connectivity index is 1.95. The summed E-state index contributed by atoms with van der Waals surface area (Å²) >= 11 is 0. The van der Waals surface area contributed by atoms with Crippen molar-refractivity contribution in [3.8, 4) is 5.88 Å². The lowest BCUT2D eigenvalue weighted by atomic mass is 10.0. The molecule has 1 unspecified atom stereocenters. The molecule has 2 heterocycles. The molecule has 1 aromatic rings. The zero-order valence-electron chi connectivity index (χ0n) is 12.4. The van der Waals surface area contributed by atoms with Crippen LogP contribution in [0.5, 0.6) is 5.88 Å². The zero-order valence-corrected chi connectivity index (χ0v) is 12.4. The molecule has 6 nitrogen and oxygen atoms in total. The van der Waals surface area contributed by atoms with Crippen LogP contribution >= 0.6 is 0 Å². The van der Waals surface area contributed by atoms with Gasteiger partial charge in [-0.2, -0.15) is 4.98 Å². The quantitative estimate of drug-likeness (QED) is 0.826. The molecule has 6 heteroatoms. The molecule has 0 aliphatic carbocycles. The normalized spacial score (nSPS) is 19.8. The Kier molecular flexibility index (Phi) is 5.40. The molecule has 1 atom stereocenters. The van der Waals surface area contributed by atoms with Crippen molar-refractivity contribution in [1.82, 2.24) is 14.9 Å². The number of nitrogens with two attached hydrogens (primary N) is 1. The molecule has 0 aromatic carbocycles. The number of nitrogens with zero attached hydrogens (tertiary/aromatic N) is 3. The molecule has 0 amide bonds. The van der Waals surface area contributed by atoms with Crippen molar-refractivity contribution in [2.24, 2.45) is 0 Å². The highest BCUT2D eigenvalue weighted by atomic mass is 16.5. The van der Waals surface area contributed by atoms with Gasteiger partial charge < -0.3 is 20.7 Å². The number of nitrogens with one attached hydrogen (secondary N) is 1. The number of hydrogen-bond donors (Lipinski definition) is 2. The van der Waals surface area contributed by atoms with Gasteiger partial charge in [0.05, 0.1) is 6.61 Å². The molecule has 0 radical (unpaired) electrons. The Morgan fingerprint density at radius 3 is 3.05 bits per heavy atom. The lowest BCUT2D eigenvalue weighted by molar-refractivity contribution is 0.194. The minimum absolute atomic E-state index is 0.473. The molecule has 1 aromatic heterocycles. The topological polar surface area (TPSA) is 76.3 Å². The number of piperidine rings is 1. The summed E-state index contributed by atoms with van der Waals surface area (Å²) in [6.45, 7) is 4.68. The number of likely N-dealkylation sites (tertiary alicyclic amines) is 1. The lowest BCUT2D eigenvalue weighted by Gasteiger charge is -2.32. The Morgan fingerprint density at radius 1 is 1.45 bits per heavy atom. The molecule has 112 valence electrons. The first-order valence-electron chi connectivity index (χ1n) is 7.39. The van der Waals surface area contributed by atoms with E-state index in [1.807, 2.05) is 0 Å². The van der Waals surface area contributed by atoms with E-state index in [1.165, 1.54) is 25.6 Å². The standard InChI is InChI=1S/C14H25N5O/c1-3-8-20-14-12(15)13(17-10-18-14)16-9-11-6-4-5-7-19(11)2/h10-11H,3-9,15H2,1-2H3,(H,16,17,18). The number of nitrogen functional groups attached to an aromatic ring is 1. The number of rotatable bonds is 6. The minimum Gasteiger partial charge on any atom is -0.476 e. The fraction of sp³-hybridized carbons (Fsp3) is 0.714. The third-order valence-electron chi connectivity index (χ3n) is 3.72. The van der Waals surface area contributed by atoms with Crippen molar-refractivity contribution in [3.63, 3.8) is 0 Å².